The van der Waals surface area contributed by atoms with Crippen LogP contribution in [-0.2, 0) is 0 Å². The Balaban J connectivity index is 2.11. The maximum absolute atomic E-state index is 9.66. The SMILES string of the molecule is CCC(O)c1ccc(N(CC)C2CC2)cn1. The zero-order valence-corrected chi connectivity index (χ0v) is 10.1. The number of aliphatic hydroxyl groups is 1. The van der Waals surface area contributed by atoms with Crippen LogP contribution >= 0.6 is 0 Å². The Morgan fingerprint density at radius 1 is 1.44 bits per heavy atom. The van der Waals surface area contributed by atoms with Gasteiger partial charge in [-0.2, -0.15) is 0 Å². The molecule has 0 aliphatic heterocycles. The minimum absolute atomic E-state index is 0.426. The Bertz CT molecular complexity index is 332. The first-order valence-corrected chi connectivity index (χ1v) is 6.17. The molecule has 0 bridgehead atoms. The largest absolute Gasteiger partial charge is 0.387 e. The molecule has 0 amide bonds. The highest BCUT2D eigenvalue weighted by molar-refractivity contribution is 5.47. The summed E-state index contributed by atoms with van der Waals surface area (Å²) in [4.78, 5) is 6.72. The lowest BCUT2D eigenvalue weighted by molar-refractivity contribution is 0.169. The molecule has 0 saturated heterocycles. The van der Waals surface area contributed by atoms with E-state index >= 15 is 0 Å². The lowest BCUT2D eigenvalue weighted by atomic mass is 10.2. The summed E-state index contributed by atoms with van der Waals surface area (Å²) < 4.78 is 0. The lowest BCUT2D eigenvalue weighted by Crippen LogP contribution is -2.25. The number of aromatic nitrogens is 1. The van der Waals surface area contributed by atoms with E-state index in [1.54, 1.807) is 0 Å². The fraction of sp³-hybridized carbons (Fsp3) is 0.615. The quantitative estimate of drug-likeness (QED) is 0.828. The van der Waals surface area contributed by atoms with Gasteiger partial charge in [0.15, 0.2) is 0 Å². The van der Waals surface area contributed by atoms with Crippen LogP contribution in [0.1, 0.15) is 44.9 Å². The Kier molecular flexibility index (Phi) is 3.44. The van der Waals surface area contributed by atoms with Gasteiger partial charge in [-0.3, -0.25) is 4.98 Å². The van der Waals surface area contributed by atoms with Gasteiger partial charge in [-0.15, -0.1) is 0 Å². The van der Waals surface area contributed by atoms with Gasteiger partial charge in [-0.25, -0.2) is 0 Å². The highest BCUT2D eigenvalue weighted by atomic mass is 16.3. The van der Waals surface area contributed by atoms with Crippen LogP contribution in [0.4, 0.5) is 5.69 Å². The van der Waals surface area contributed by atoms with Gasteiger partial charge in [-0.1, -0.05) is 6.92 Å². The average Bonchev–Trinajstić information content (AvgIpc) is 3.14. The van der Waals surface area contributed by atoms with Gasteiger partial charge < -0.3 is 10.0 Å². The third-order valence-corrected chi connectivity index (χ3v) is 3.16. The van der Waals surface area contributed by atoms with Crippen molar-refractivity contribution in [3.63, 3.8) is 0 Å². The molecule has 3 nitrogen and oxygen atoms in total. The highest BCUT2D eigenvalue weighted by Crippen LogP contribution is 2.31. The van der Waals surface area contributed by atoms with Crippen molar-refractivity contribution in [2.45, 2.75) is 45.3 Å². The number of hydrogen-bond donors (Lipinski definition) is 1. The highest BCUT2D eigenvalue weighted by Gasteiger charge is 2.28. The second kappa shape index (κ2) is 4.83. The van der Waals surface area contributed by atoms with Gasteiger partial charge in [-0.05, 0) is 38.3 Å². The van der Waals surface area contributed by atoms with Crippen molar-refractivity contribution in [3.05, 3.63) is 24.0 Å². The fourth-order valence-electron chi connectivity index (χ4n) is 2.01. The van der Waals surface area contributed by atoms with Crippen molar-refractivity contribution in [2.75, 3.05) is 11.4 Å². The molecule has 2 rings (SSSR count). The van der Waals surface area contributed by atoms with E-state index in [0.29, 0.717) is 12.5 Å². The van der Waals surface area contributed by atoms with E-state index < -0.39 is 6.10 Å². The molecule has 1 heterocycles. The molecule has 1 aromatic heterocycles. The summed E-state index contributed by atoms with van der Waals surface area (Å²) >= 11 is 0. The van der Waals surface area contributed by atoms with Crippen LogP contribution < -0.4 is 4.90 Å². The molecule has 1 aromatic rings. The summed E-state index contributed by atoms with van der Waals surface area (Å²) in [5.41, 5.74) is 1.95. The lowest BCUT2D eigenvalue weighted by Gasteiger charge is -2.22. The number of pyridine rings is 1. The number of hydrogen-bond acceptors (Lipinski definition) is 3. The van der Waals surface area contributed by atoms with Crippen molar-refractivity contribution in [2.24, 2.45) is 0 Å². The zero-order valence-electron chi connectivity index (χ0n) is 10.1. The molecule has 0 aromatic carbocycles. The topological polar surface area (TPSA) is 36.4 Å². The molecule has 0 spiro atoms. The number of nitrogens with zero attached hydrogens (tertiary/aromatic N) is 2. The van der Waals surface area contributed by atoms with Crippen molar-refractivity contribution < 1.29 is 5.11 Å². The van der Waals surface area contributed by atoms with Crippen LogP contribution in [-0.4, -0.2) is 22.7 Å². The van der Waals surface area contributed by atoms with E-state index in [1.807, 2.05) is 19.2 Å². The molecule has 1 atom stereocenters. The molecular formula is C13H20N2O. The Morgan fingerprint density at radius 2 is 2.19 bits per heavy atom. The van der Waals surface area contributed by atoms with E-state index in [4.69, 9.17) is 0 Å². The zero-order chi connectivity index (χ0) is 11.5. The van der Waals surface area contributed by atoms with Crippen LogP contribution in [0.2, 0.25) is 0 Å². The van der Waals surface area contributed by atoms with Crippen LogP contribution in [0.15, 0.2) is 18.3 Å². The van der Waals surface area contributed by atoms with Gasteiger partial charge in [0.1, 0.15) is 0 Å². The molecule has 16 heavy (non-hydrogen) atoms. The van der Waals surface area contributed by atoms with Crippen LogP contribution in [0.25, 0.3) is 0 Å². The average molecular weight is 220 g/mol. The monoisotopic (exact) mass is 220 g/mol. The Morgan fingerprint density at radius 3 is 2.62 bits per heavy atom. The summed E-state index contributed by atoms with van der Waals surface area (Å²) in [5.74, 6) is 0. The molecule has 1 aliphatic carbocycles. The molecule has 3 heteroatoms. The van der Waals surface area contributed by atoms with Gasteiger partial charge >= 0.3 is 0 Å². The number of anilines is 1. The van der Waals surface area contributed by atoms with Crippen LogP contribution in [0.3, 0.4) is 0 Å². The van der Waals surface area contributed by atoms with Crippen molar-refractivity contribution >= 4 is 5.69 Å². The standard InChI is InChI=1S/C13H20N2O/c1-3-13(16)12-8-7-11(9-14-12)15(4-2)10-5-6-10/h7-10,13,16H,3-6H2,1-2H3. The molecule has 1 fully saturated rings. The predicted molar refractivity (Wildman–Crippen MR) is 65.5 cm³/mol. The van der Waals surface area contributed by atoms with Crippen molar-refractivity contribution in [3.8, 4) is 0 Å². The van der Waals surface area contributed by atoms with Crippen molar-refractivity contribution in [1.82, 2.24) is 4.98 Å². The predicted octanol–water partition coefficient (Wildman–Crippen LogP) is 2.51. The normalized spacial score (nSPS) is 17.2. The van der Waals surface area contributed by atoms with E-state index in [1.165, 1.54) is 18.5 Å². The first kappa shape index (κ1) is 11.4. The first-order chi connectivity index (χ1) is 7.76. The molecule has 1 unspecified atom stereocenters. The Hall–Kier alpha value is -1.09. The van der Waals surface area contributed by atoms with Crippen LogP contribution in [0.5, 0.6) is 0 Å². The van der Waals surface area contributed by atoms with Crippen LogP contribution in [0, 0.1) is 0 Å². The van der Waals surface area contributed by atoms with E-state index in [0.717, 1.165) is 12.2 Å². The van der Waals surface area contributed by atoms with Crippen molar-refractivity contribution in [1.29, 1.82) is 0 Å². The fourth-order valence-corrected chi connectivity index (χ4v) is 2.01. The third-order valence-electron chi connectivity index (χ3n) is 3.16. The maximum Gasteiger partial charge on any atom is 0.0957 e. The molecule has 88 valence electrons. The first-order valence-electron chi connectivity index (χ1n) is 6.17. The molecule has 1 saturated carbocycles. The molecule has 1 aliphatic rings. The van der Waals surface area contributed by atoms with E-state index in [9.17, 15) is 5.11 Å². The molecular weight excluding hydrogens is 200 g/mol. The van der Waals surface area contributed by atoms with Gasteiger partial charge in [0, 0.05) is 12.6 Å². The van der Waals surface area contributed by atoms with Gasteiger partial charge in [0.25, 0.3) is 0 Å². The molecule has 0 radical (unpaired) electrons. The summed E-state index contributed by atoms with van der Waals surface area (Å²) in [5, 5.41) is 9.66. The van der Waals surface area contributed by atoms with E-state index in [2.05, 4.69) is 22.9 Å². The Labute approximate surface area is 97.1 Å². The second-order valence-electron chi connectivity index (χ2n) is 4.38. The number of aliphatic hydroxyl groups excluding tert-OH is 1. The summed E-state index contributed by atoms with van der Waals surface area (Å²) in [6, 6.07) is 4.73. The van der Waals surface area contributed by atoms with E-state index in [-0.39, 0.29) is 0 Å². The summed E-state index contributed by atoms with van der Waals surface area (Å²) in [6.07, 6.45) is 4.77. The minimum Gasteiger partial charge on any atom is -0.387 e. The summed E-state index contributed by atoms with van der Waals surface area (Å²) in [7, 11) is 0. The second-order valence-corrected chi connectivity index (χ2v) is 4.38. The van der Waals surface area contributed by atoms with Gasteiger partial charge in [0.2, 0.25) is 0 Å². The number of rotatable bonds is 5. The summed E-state index contributed by atoms with van der Waals surface area (Å²) in [6.45, 7) is 5.16. The minimum atomic E-state index is -0.426. The smallest absolute Gasteiger partial charge is 0.0957 e. The van der Waals surface area contributed by atoms with Gasteiger partial charge in [0.05, 0.1) is 23.7 Å². The third kappa shape index (κ3) is 2.35. The maximum atomic E-state index is 9.66. The molecule has 1 N–H and O–H groups in total.